The molecule has 1 N–H and O–H groups in total. The first-order chi connectivity index (χ1) is 8.95. The number of benzene rings is 2. The third-order valence-electron chi connectivity index (χ3n) is 3.81. The van der Waals surface area contributed by atoms with Gasteiger partial charge >= 0.3 is 0 Å². The molecule has 2 aromatic rings. The molecule has 2 aromatic carbocycles. The minimum atomic E-state index is 0. The standard InChI is InChI=1S/C16H14N2.ClH/c1-3-7-13-11(5-1)12-6-2-4-8-14(12)15(13)16-17-9-10-18-16;/h1-8,15H,9-10H2,(H,17,18);1H. The molecule has 4 rings (SSSR count). The summed E-state index contributed by atoms with van der Waals surface area (Å²) in [5.41, 5.74) is 5.47. The lowest BCUT2D eigenvalue weighted by atomic mass is 9.96. The molecule has 0 unspecified atom stereocenters. The fourth-order valence-corrected chi connectivity index (χ4v) is 3.06. The van der Waals surface area contributed by atoms with E-state index in [0.717, 1.165) is 18.9 Å². The number of halogens is 1. The number of fused-ring (bicyclic) bond motifs is 3. The van der Waals surface area contributed by atoms with Crippen LogP contribution in [-0.2, 0) is 0 Å². The fourth-order valence-electron chi connectivity index (χ4n) is 3.06. The Morgan fingerprint density at radius 2 is 1.47 bits per heavy atom. The largest absolute Gasteiger partial charge is 0.371 e. The zero-order valence-electron chi connectivity index (χ0n) is 10.5. The van der Waals surface area contributed by atoms with E-state index < -0.39 is 0 Å². The highest BCUT2D eigenvalue weighted by atomic mass is 35.5. The number of hydrogen-bond donors (Lipinski definition) is 1. The Kier molecular flexibility index (Phi) is 3.03. The Morgan fingerprint density at radius 3 is 2.00 bits per heavy atom. The predicted molar refractivity (Wildman–Crippen MR) is 81.3 cm³/mol. The van der Waals surface area contributed by atoms with Gasteiger partial charge in [0.05, 0.1) is 12.5 Å². The van der Waals surface area contributed by atoms with Crippen molar-refractivity contribution in [2.24, 2.45) is 4.99 Å². The lowest BCUT2D eigenvalue weighted by molar-refractivity contribution is 0.940. The van der Waals surface area contributed by atoms with Crippen LogP contribution in [-0.4, -0.2) is 18.9 Å². The van der Waals surface area contributed by atoms with Crippen molar-refractivity contribution < 1.29 is 0 Å². The first kappa shape index (κ1) is 12.2. The SMILES string of the molecule is Cl.c1ccc2c(c1)-c1ccccc1C2C1=NCCN1. The average Bonchev–Trinajstić information content (AvgIpc) is 3.03. The maximum atomic E-state index is 4.62. The van der Waals surface area contributed by atoms with Gasteiger partial charge in [0.15, 0.2) is 0 Å². The van der Waals surface area contributed by atoms with Gasteiger partial charge in [0.1, 0.15) is 5.84 Å². The van der Waals surface area contributed by atoms with Crippen molar-refractivity contribution >= 4 is 18.2 Å². The highest BCUT2D eigenvalue weighted by Crippen LogP contribution is 2.44. The molecule has 96 valence electrons. The van der Waals surface area contributed by atoms with E-state index in [1.807, 2.05) is 0 Å². The van der Waals surface area contributed by atoms with Crippen LogP contribution >= 0.6 is 12.4 Å². The lowest BCUT2D eigenvalue weighted by Crippen LogP contribution is -2.25. The van der Waals surface area contributed by atoms with Gasteiger partial charge in [-0.15, -0.1) is 12.4 Å². The van der Waals surface area contributed by atoms with Crippen molar-refractivity contribution in [1.82, 2.24) is 5.32 Å². The van der Waals surface area contributed by atoms with Crippen LogP contribution in [0.5, 0.6) is 0 Å². The normalized spacial score (nSPS) is 16.1. The first-order valence-electron chi connectivity index (χ1n) is 6.41. The van der Waals surface area contributed by atoms with E-state index in [0.29, 0.717) is 5.92 Å². The number of nitrogens with zero attached hydrogens (tertiary/aromatic N) is 1. The van der Waals surface area contributed by atoms with Crippen LogP contribution in [0, 0.1) is 0 Å². The monoisotopic (exact) mass is 270 g/mol. The minimum Gasteiger partial charge on any atom is -0.371 e. The van der Waals surface area contributed by atoms with Crippen molar-refractivity contribution in [1.29, 1.82) is 0 Å². The molecule has 1 aliphatic heterocycles. The van der Waals surface area contributed by atoms with E-state index in [9.17, 15) is 0 Å². The van der Waals surface area contributed by atoms with Gasteiger partial charge in [-0.3, -0.25) is 4.99 Å². The highest BCUT2D eigenvalue weighted by molar-refractivity contribution is 5.99. The molecule has 1 aliphatic carbocycles. The molecule has 1 heterocycles. The minimum absolute atomic E-state index is 0. The smallest absolute Gasteiger partial charge is 0.109 e. The summed E-state index contributed by atoms with van der Waals surface area (Å²) >= 11 is 0. The molecule has 0 bridgehead atoms. The maximum absolute atomic E-state index is 4.62. The molecule has 0 saturated heterocycles. The fraction of sp³-hybridized carbons (Fsp3) is 0.188. The third-order valence-corrected chi connectivity index (χ3v) is 3.81. The van der Waals surface area contributed by atoms with E-state index in [4.69, 9.17) is 0 Å². The van der Waals surface area contributed by atoms with E-state index in [2.05, 4.69) is 58.8 Å². The zero-order valence-corrected chi connectivity index (χ0v) is 11.3. The molecule has 0 atom stereocenters. The van der Waals surface area contributed by atoms with Gasteiger partial charge in [0.2, 0.25) is 0 Å². The van der Waals surface area contributed by atoms with Crippen LogP contribution in [0.3, 0.4) is 0 Å². The zero-order chi connectivity index (χ0) is 11.9. The Labute approximate surface area is 119 Å². The molecule has 0 spiro atoms. The lowest BCUT2D eigenvalue weighted by Gasteiger charge is -2.14. The summed E-state index contributed by atoms with van der Waals surface area (Å²) in [7, 11) is 0. The topological polar surface area (TPSA) is 24.4 Å². The Morgan fingerprint density at radius 1 is 0.895 bits per heavy atom. The summed E-state index contributed by atoms with van der Waals surface area (Å²) in [6.45, 7) is 1.87. The van der Waals surface area contributed by atoms with Gasteiger partial charge in [-0.05, 0) is 22.3 Å². The summed E-state index contributed by atoms with van der Waals surface area (Å²) in [5.74, 6) is 1.44. The van der Waals surface area contributed by atoms with Gasteiger partial charge < -0.3 is 5.32 Å². The van der Waals surface area contributed by atoms with Crippen LogP contribution in [0.1, 0.15) is 17.0 Å². The Bertz CT molecular complexity index is 603. The summed E-state index contributed by atoms with van der Waals surface area (Å²) in [4.78, 5) is 4.62. The number of aliphatic imine (C=N–C) groups is 1. The van der Waals surface area contributed by atoms with Crippen LogP contribution in [0.25, 0.3) is 11.1 Å². The molecular weight excluding hydrogens is 256 g/mol. The molecule has 19 heavy (non-hydrogen) atoms. The Balaban J connectivity index is 0.00000110. The van der Waals surface area contributed by atoms with E-state index in [1.165, 1.54) is 22.3 Å². The first-order valence-corrected chi connectivity index (χ1v) is 6.41. The van der Waals surface area contributed by atoms with E-state index >= 15 is 0 Å². The van der Waals surface area contributed by atoms with Crippen LogP contribution in [0.2, 0.25) is 0 Å². The third kappa shape index (κ3) is 1.75. The van der Waals surface area contributed by atoms with Crippen molar-refractivity contribution in [3.8, 4) is 11.1 Å². The van der Waals surface area contributed by atoms with Gasteiger partial charge in [-0.1, -0.05) is 48.5 Å². The summed E-state index contributed by atoms with van der Waals surface area (Å²) < 4.78 is 0. The van der Waals surface area contributed by atoms with Gasteiger partial charge in [0.25, 0.3) is 0 Å². The molecule has 0 amide bonds. The number of nitrogens with one attached hydrogen (secondary N) is 1. The highest BCUT2D eigenvalue weighted by Gasteiger charge is 2.32. The van der Waals surface area contributed by atoms with Gasteiger partial charge in [-0.25, -0.2) is 0 Å². The summed E-state index contributed by atoms with van der Waals surface area (Å²) in [5, 5.41) is 3.43. The van der Waals surface area contributed by atoms with Crippen molar-refractivity contribution in [2.45, 2.75) is 5.92 Å². The average molecular weight is 271 g/mol. The molecular formula is C16H15ClN2. The van der Waals surface area contributed by atoms with Crippen LogP contribution < -0.4 is 5.32 Å². The molecule has 0 saturated carbocycles. The van der Waals surface area contributed by atoms with Crippen LogP contribution in [0.4, 0.5) is 0 Å². The van der Waals surface area contributed by atoms with E-state index in [-0.39, 0.29) is 12.4 Å². The molecule has 2 nitrogen and oxygen atoms in total. The van der Waals surface area contributed by atoms with Crippen molar-refractivity contribution in [2.75, 3.05) is 13.1 Å². The molecule has 0 radical (unpaired) electrons. The second-order valence-corrected chi connectivity index (χ2v) is 4.80. The Hall–Kier alpha value is -1.80. The molecule has 0 aromatic heterocycles. The number of rotatable bonds is 1. The number of amidine groups is 1. The quantitative estimate of drug-likeness (QED) is 0.845. The van der Waals surface area contributed by atoms with Gasteiger partial charge in [0, 0.05) is 6.54 Å². The van der Waals surface area contributed by atoms with Crippen molar-refractivity contribution in [3.05, 3.63) is 59.7 Å². The molecule has 2 aliphatic rings. The number of hydrogen-bond acceptors (Lipinski definition) is 2. The maximum Gasteiger partial charge on any atom is 0.109 e. The van der Waals surface area contributed by atoms with Crippen molar-refractivity contribution in [3.63, 3.8) is 0 Å². The molecule has 3 heteroatoms. The second-order valence-electron chi connectivity index (χ2n) is 4.80. The molecule has 0 fully saturated rings. The van der Waals surface area contributed by atoms with E-state index in [1.54, 1.807) is 0 Å². The van der Waals surface area contributed by atoms with Crippen LogP contribution in [0.15, 0.2) is 53.5 Å². The predicted octanol–water partition coefficient (Wildman–Crippen LogP) is 3.22. The summed E-state index contributed by atoms with van der Waals surface area (Å²) in [6, 6.07) is 17.3. The summed E-state index contributed by atoms with van der Waals surface area (Å²) in [6.07, 6.45) is 0. The van der Waals surface area contributed by atoms with Gasteiger partial charge in [-0.2, -0.15) is 0 Å². The second kappa shape index (κ2) is 4.71.